The molecule has 5 heteroatoms. The number of hydrogen-bond donors (Lipinski definition) is 1. The lowest BCUT2D eigenvalue weighted by Gasteiger charge is -2.34. The van der Waals surface area contributed by atoms with Gasteiger partial charge in [0.15, 0.2) is 4.87 Å². The van der Waals surface area contributed by atoms with Crippen molar-refractivity contribution in [3.05, 3.63) is 29.3 Å². The predicted octanol–water partition coefficient (Wildman–Crippen LogP) is 2.70. The molecular formula is C13H15ClO4. The van der Waals surface area contributed by atoms with E-state index < -0.39 is 10.8 Å². The van der Waals surface area contributed by atoms with E-state index in [1.807, 2.05) is 0 Å². The van der Waals surface area contributed by atoms with Crippen molar-refractivity contribution in [2.75, 3.05) is 14.2 Å². The topological polar surface area (TPSA) is 55.8 Å². The van der Waals surface area contributed by atoms with E-state index in [9.17, 15) is 9.90 Å². The predicted molar refractivity (Wildman–Crippen MR) is 67.1 cm³/mol. The molecule has 0 aromatic heterocycles. The lowest BCUT2D eigenvalue weighted by molar-refractivity contribution is -0.141. The maximum atomic E-state index is 11.4. The van der Waals surface area contributed by atoms with Gasteiger partial charge < -0.3 is 14.6 Å². The number of halogens is 1. The van der Waals surface area contributed by atoms with Crippen molar-refractivity contribution < 1.29 is 19.4 Å². The molecule has 1 aliphatic rings. The Hall–Kier alpha value is -1.26. The minimum atomic E-state index is -1.36. The van der Waals surface area contributed by atoms with Crippen LogP contribution in [0.3, 0.4) is 0 Å². The maximum Gasteiger partial charge on any atom is 0.329 e. The molecule has 4 nitrogen and oxygen atoms in total. The highest BCUT2D eigenvalue weighted by atomic mass is 35.5. The molecule has 0 saturated carbocycles. The molecule has 0 radical (unpaired) electrons. The summed E-state index contributed by atoms with van der Waals surface area (Å²) in [6, 6.07) is 5.22. The van der Waals surface area contributed by atoms with E-state index in [1.54, 1.807) is 32.4 Å². The Morgan fingerprint density at radius 3 is 2.78 bits per heavy atom. The molecule has 0 saturated heterocycles. The van der Waals surface area contributed by atoms with Crippen molar-refractivity contribution in [1.82, 2.24) is 0 Å². The summed E-state index contributed by atoms with van der Waals surface area (Å²) in [4.78, 5) is 10.0. The van der Waals surface area contributed by atoms with Crippen LogP contribution in [-0.2, 0) is 14.4 Å². The van der Waals surface area contributed by atoms with Crippen LogP contribution in [0.2, 0.25) is 0 Å². The average molecular weight is 271 g/mol. The molecule has 2 rings (SSSR count). The van der Waals surface area contributed by atoms with E-state index in [1.165, 1.54) is 0 Å². The number of carboxylic acids is 1. The lowest BCUT2D eigenvalue weighted by atomic mass is 9.80. The molecule has 0 amide bonds. The highest BCUT2D eigenvalue weighted by Gasteiger charge is 2.44. The maximum absolute atomic E-state index is 11.4. The van der Waals surface area contributed by atoms with Crippen molar-refractivity contribution >= 4 is 17.6 Å². The van der Waals surface area contributed by atoms with E-state index in [2.05, 4.69) is 0 Å². The van der Waals surface area contributed by atoms with Gasteiger partial charge in [0.25, 0.3) is 0 Å². The number of carboxylic acid groups (broad SMARTS) is 1. The van der Waals surface area contributed by atoms with Crippen molar-refractivity contribution in [3.63, 3.8) is 0 Å². The number of benzene rings is 1. The van der Waals surface area contributed by atoms with Gasteiger partial charge in [-0.3, -0.25) is 0 Å². The van der Waals surface area contributed by atoms with E-state index >= 15 is 0 Å². The fourth-order valence-corrected chi connectivity index (χ4v) is 2.66. The molecule has 0 fully saturated rings. The molecule has 1 N–H and O–H groups in total. The van der Waals surface area contributed by atoms with Crippen LogP contribution in [0, 0.1) is 0 Å². The van der Waals surface area contributed by atoms with Gasteiger partial charge in [-0.05, 0) is 36.1 Å². The number of aliphatic carboxylic acids is 1. The SMILES string of the molecule is COc1ccc2c(c1)C(OC)CCC2(Cl)C(=O)O. The quantitative estimate of drug-likeness (QED) is 0.858. The van der Waals surface area contributed by atoms with Crippen molar-refractivity contribution in [1.29, 1.82) is 0 Å². The Balaban J connectivity index is 2.57. The second-order valence-corrected chi connectivity index (χ2v) is 4.97. The lowest BCUT2D eigenvalue weighted by Crippen LogP contribution is -2.35. The van der Waals surface area contributed by atoms with E-state index in [-0.39, 0.29) is 6.10 Å². The number of alkyl halides is 1. The summed E-state index contributed by atoms with van der Waals surface area (Å²) in [6.07, 6.45) is 0.787. The molecule has 18 heavy (non-hydrogen) atoms. The normalized spacial score (nSPS) is 26.5. The smallest absolute Gasteiger partial charge is 0.329 e. The Labute approximate surface area is 110 Å². The Kier molecular flexibility index (Phi) is 3.50. The van der Waals surface area contributed by atoms with Crippen LogP contribution in [-0.4, -0.2) is 25.3 Å². The van der Waals surface area contributed by atoms with Crippen LogP contribution in [0.1, 0.15) is 30.1 Å². The zero-order valence-corrected chi connectivity index (χ0v) is 11.0. The second-order valence-electron chi connectivity index (χ2n) is 4.32. The molecule has 0 bridgehead atoms. The first-order valence-corrected chi connectivity index (χ1v) is 6.04. The van der Waals surface area contributed by atoms with Crippen LogP contribution in [0.4, 0.5) is 0 Å². The van der Waals surface area contributed by atoms with Gasteiger partial charge in [-0.2, -0.15) is 0 Å². The zero-order chi connectivity index (χ0) is 13.3. The van der Waals surface area contributed by atoms with Gasteiger partial charge in [0, 0.05) is 7.11 Å². The summed E-state index contributed by atoms with van der Waals surface area (Å²) < 4.78 is 10.5. The minimum absolute atomic E-state index is 0.138. The molecule has 1 aliphatic carbocycles. The fraction of sp³-hybridized carbons (Fsp3) is 0.462. The molecule has 0 heterocycles. The van der Waals surface area contributed by atoms with Gasteiger partial charge in [-0.25, -0.2) is 4.79 Å². The number of fused-ring (bicyclic) bond motifs is 1. The molecule has 0 aliphatic heterocycles. The first kappa shape index (κ1) is 13.2. The summed E-state index contributed by atoms with van der Waals surface area (Å²) in [7, 11) is 3.17. The minimum Gasteiger partial charge on any atom is -0.497 e. The van der Waals surface area contributed by atoms with Crippen molar-refractivity contribution in [3.8, 4) is 5.75 Å². The van der Waals surface area contributed by atoms with E-state index in [0.717, 1.165) is 5.56 Å². The summed E-state index contributed by atoms with van der Waals surface area (Å²) in [6.45, 7) is 0. The van der Waals surface area contributed by atoms with Gasteiger partial charge in [-0.15, -0.1) is 11.6 Å². The Morgan fingerprint density at radius 2 is 2.22 bits per heavy atom. The number of carbonyl (C=O) groups is 1. The molecule has 98 valence electrons. The van der Waals surface area contributed by atoms with Gasteiger partial charge in [0.05, 0.1) is 13.2 Å². The first-order valence-electron chi connectivity index (χ1n) is 5.66. The van der Waals surface area contributed by atoms with Crippen LogP contribution in [0.5, 0.6) is 5.75 Å². The van der Waals surface area contributed by atoms with Crippen molar-refractivity contribution in [2.24, 2.45) is 0 Å². The largest absolute Gasteiger partial charge is 0.497 e. The number of rotatable bonds is 3. The number of methoxy groups -OCH3 is 2. The van der Waals surface area contributed by atoms with Crippen LogP contribution in [0.15, 0.2) is 18.2 Å². The summed E-state index contributed by atoms with van der Waals surface area (Å²) in [5.41, 5.74) is 1.39. The van der Waals surface area contributed by atoms with Gasteiger partial charge in [-0.1, -0.05) is 6.07 Å². The standard InChI is InChI=1S/C13H15ClO4/c1-17-8-3-4-10-9(7-8)11(18-2)5-6-13(10,14)12(15)16/h3-4,7,11H,5-6H2,1-2H3,(H,15,16). The molecule has 1 aromatic rings. The third-order valence-corrected chi connectivity index (χ3v) is 3.96. The highest BCUT2D eigenvalue weighted by Crippen LogP contribution is 2.47. The molecular weight excluding hydrogens is 256 g/mol. The van der Waals surface area contributed by atoms with E-state index in [4.69, 9.17) is 21.1 Å². The number of hydrogen-bond acceptors (Lipinski definition) is 3. The van der Waals surface area contributed by atoms with E-state index in [0.29, 0.717) is 24.2 Å². The van der Waals surface area contributed by atoms with Crippen molar-refractivity contribution in [2.45, 2.75) is 23.8 Å². The molecule has 1 aromatic carbocycles. The van der Waals surface area contributed by atoms with Gasteiger partial charge in [0.2, 0.25) is 0 Å². The molecule has 2 atom stereocenters. The second kappa shape index (κ2) is 4.78. The highest BCUT2D eigenvalue weighted by molar-refractivity contribution is 6.33. The summed E-state index contributed by atoms with van der Waals surface area (Å²) in [5, 5.41) is 9.33. The van der Waals surface area contributed by atoms with Gasteiger partial charge >= 0.3 is 5.97 Å². The molecule has 0 spiro atoms. The summed E-state index contributed by atoms with van der Waals surface area (Å²) >= 11 is 6.26. The summed E-state index contributed by atoms with van der Waals surface area (Å²) in [5.74, 6) is -0.354. The average Bonchev–Trinajstić information content (AvgIpc) is 2.38. The Morgan fingerprint density at radius 1 is 1.50 bits per heavy atom. The van der Waals surface area contributed by atoms with Gasteiger partial charge in [0.1, 0.15) is 5.75 Å². The van der Waals surface area contributed by atoms with Crippen LogP contribution < -0.4 is 4.74 Å². The third-order valence-electron chi connectivity index (χ3n) is 3.41. The number of ether oxygens (including phenoxy) is 2. The molecule has 2 unspecified atom stereocenters. The Bertz CT molecular complexity index is 474. The zero-order valence-electron chi connectivity index (χ0n) is 10.3. The van der Waals surface area contributed by atoms with Crippen LogP contribution >= 0.6 is 11.6 Å². The van der Waals surface area contributed by atoms with Crippen LogP contribution in [0.25, 0.3) is 0 Å². The first-order chi connectivity index (χ1) is 8.52. The third kappa shape index (κ3) is 1.95. The fourth-order valence-electron chi connectivity index (χ4n) is 2.38. The monoisotopic (exact) mass is 270 g/mol.